The van der Waals surface area contributed by atoms with Crippen molar-refractivity contribution >= 4 is 46.6 Å². The molecule has 0 aliphatic heterocycles. The van der Waals surface area contributed by atoms with Gasteiger partial charge in [-0.05, 0) is 169 Å². The minimum Gasteiger partial charge on any atom is -0.480 e. The predicted molar refractivity (Wildman–Crippen MR) is 323 cm³/mol. The smallest absolute Gasteiger partial charge is 0.326 e. The average molecular weight is 1190 g/mol. The number of nitrogens with one attached hydrogen (secondary N) is 1. The van der Waals surface area contributed by atoms with E-state index in [2.05, 4.69) is 41.4 Å². The fourth-order valence-corrected chi connectivity index (χ4v) is 19.4. The summed E-state index contributed by atoms with van der Waals surface area (Å²) in [5, 5.41) is 67.6. The molecule has 0 bridgehead atoms. The SMILES string of the molecule is CC(=O)[C@H]1CC[C@H]2[C@@H]3C[C@H](C)C4=CC(=O)CC[C@]4(C)[C@H]3[C@@H](O)C[C@]12C.CCCCC(=O)N(Cc1ccc(-c2ccccc2-c2nn[nH]n2)cc1)[C@H](C(=O)O)C(C)C.C[C@H]1C[C@H]2[C@@H]3CCC4=CC(=O)C=C[C@]4(C)[C@@]3(Cl)[C@@H](O)C[C@]2(C)[C@@]1(O)C(=O)CO. The minimum atomic E-state index is -1.68. The highest BCUT2D eigenvalue weighted by Gasteiger charge is 2.74. The van der Waals surface area contributed by atoms with Gasteiger partial charge in [0.1, 0.15) is 24.0 Å². The van der Waals surface area contributed by atoms with E-state index in [4.69, 9.17) is 11.6 Å². The van der Waals surface area contributed by atoms with E-state index >= 15 is 0 Å². The third-order valence-electron chi connectivity index (χ3n) is 22.9. The minimum absolute atomic E-state index is 0.0474. The summed E-state index contributed by atoms with van der Waals surface area (Å²) >= 11 is 7.30. The third-order valence-corrected chi connectivity index (χ3v) is 23.8. The van der Waals surface area contributed by atoms with Crippen LogP contribution in [0.5, 0.6) is 0 Å². The molecule has 6 fully saturated rings. The number of allylic oxidation sites excluding steroid dienone is 5. The number of hydrogen-bond donors (Lipinski definition) is 6. The molecule has 1 aromatic heterocycles. The van der Waals surface area contributed by atoms with Crippen LogP contribution in [-0.2, 0) is 35.3 Å². The number of Topliss-reactive ketones (excluding diaryl/α,β-unsaturated/α-hetero) is 2. The number of aliphatic hydroxyl groups excluding tert-OH is 3. The first kappa shape index (κ1) is 64.0. The van der Waals surface area contributed by atoms with Gasteiger partial charge in [-0.2, -0.15) is 5.21 Å². The second-order valence-electron chi connectivity index (χ2n) is 27.8. The fraction of sp³-hybridized carbons (Fsp3) is 0.632. The number of fused-ring (bicyclic) bond motifs is 10. The molecule has 0 spiro atoms. The van der Waals surface area contributed by atoms with Crippen molar-refractivity contribution in [3.63, 3.8) is 0 Å². The number of alkyl halides is 1. The number of carbonyl (C=O) groups is 6. The Morgan fingerprint density at radius 1 is 0.882 bits per heavy atom. The molecular formula is C68H90ClN5O11. The molecule has 2 aromatic carbocycles. The van der Waals surface area contributed by atoms with Crippen LogP contribution in [0.4, 0.5) is 0 Å². The molecule has 17 heteroatoms. The van der Waals surface area contributed by atoms with Crippen LogP contribution < -0.4 is 0 Å². The molecule has 11 rings (SSSR count). The van der Waals surface area contributed by atoms with Gasteiger partial charge < -0.3 is 30.4 Å². The standard InChI is InChI=1S/C24H29N5O3.C22H29ClO5.C22H32O3/c1-4-5-10-21(30)29(22(16(2)3)24(31)32)15-17-11-13-18(14-12-17)19-8-6-7-9-20(19)23-25-27-28-26-23;1-12-8-16-15-5-4-13-9-14(25)6-7-19(13,2)21(15,23)17(26)10-20(16,3)22(12,28)18(27)11-24;1-12-9-15-17-6-5-16(13(2)23)22(17,4)11-19(25)20(15)21(3)8-7-14(24)10-18(12)21/h6-9,11-14,16,22H,4-5,10,15H2,1-3H3,(H,31,32)(H,25,26,27,28);6-7,9,12,15-17,24,26,28H,4-5,8,10-11H2,1-3H3;10,12,15-17,19-20,25H,5-9,11H2,1-4H3/t22-;12-,15-,16-,17-,19-,20-,21-,22-;12-,15-,16+,17-,19-,20+,21-,22+/m000/s1. The fourth-order valence-electron chi connectivity index (χ4n) is 18.8. The molecule has 6 N–H and O–H groups in total. The number of aliphatic carboxylic acids is 1. The number of H-pyrrole nitrogens is 1. The molecule has 16 nitrogen and oxygen atoms in total. The van der Waals surface area contributed by atoms with Crippen LogP contribution in [0.15, 0.2) is 84.0 Å². The number of tetrazole rings is 1. The molecular weight excluding hydrogens is 1100 g/mol. The summed E-state index contributed by atoms with van der Waals surface area (Å²) in [6.07, 6.45) is 15.1. The molecule has 1 amide bonds. The van der Waals surface area contributed by atoms with Crippen molar-refractivity contribution in [2.75, 3.05) is 6.61 Å². The Balaban J connectivity index is 0.000000154. The lowest BCUT2D eigenvalue weighted by molar-refractivity contribution is -0.179. The largest absolute Gasteiger partial charge is 0.480 e. The van der Waals surface area contributed by atoms with E-state index in [0.717, 1.165) is 72.8 Å². The summed E-state index contributed by atoms with van der Waals surface area (Å²) in [4.78, 5) is 74.1. The van der Waals surface area contributed by atoms with E-state index < -0.39 is 51.8 Å². The van der Waals surface area contributed by atoms with Gasteiger partial charge in [-0.1, -0.05) is 134 Å². The molecule has 0 unspecified atom stereocenters. The van der Waals surface area contributed by atoms with Gasteiger partial charge in [-0.25, -0.2) is 4.79 Å². The number of carboxylic acid groups (broad SMARTS) is 1. The first-order valence-corrected chi connectivity index (χ1v) is 31.5. The predicted octanol–water partition coefficient (Wildman–Crippen LogP) is 10.3. The van der Waals surface area contributed by atoms with Crippen LogP contribution in [0.25, 0.3) is 22.5 Å². The molecule has 3 aromatic rings. The number of carbonyl (C=O) groups excluding carboxylic acids is 5. The highest BCUT2D eigenvalue weighted by atomic mass is 35.5. The van der Waals surface area contributed by atoms with Gasteiger partial charge in [-0.3, -0.25) is 24.0 Å². The Bertz CT molecular complexity index is 3140. The molecule has 460 valence electrons. The van der Waals surface area contributed by atoms with Crippen LogP contribution in [0.2, 0.25) is 0 Å². The summed E-state index contributed by atoms with van der Waals surface area (Å²) in [6.45, 7) is 19.4. The van der Waals surface area contributed by atoms with Gasteiger partial charge in [-0.15, -0.1) is 21.8 Å². The van der Waals surface area contributed by atoms with Crippen LogP contribution >= 0.6 is 11.6 Å². The second kappa shape index (κ2) is 24.2. The Morgan fingerprint density at radius 2 is 1.58 bits per heavy atom. The van der Waals surface area contributed by atoms with Crippen molar-refractivity contribution in [1.29, 1.82) is 0 Å². The summed E-state index contributed by atoms with van der Waals surface area (Å²) in [6, 6.07) is 14.7. The number of ketones is 4. The van der Waals surface area contributed by atoms with E-state index in [-0.39, 0.29) is 82.9 Å². The van der Waals surface area contributed by atoms with E-state index in [1.165, 1.54) is 16.5 Å². The summed E-state index contributed by atoms with van der Waals surface area (Å²) < 4.78 is 0. The van der Waals surface area contributed by atoms with Gasteiger partial charge in [0, 0.05) is 41.7 Å². The first-order valence-electron chi connectivity index (χ1n) is 31.1. The Labute approximate surface area is 505 Å². The summed E-state index contributed by atoms with van der Waals surface area (Å²) in [5.74, 6) is 0.392. The van der Waals surface area contributed by atoms with Gasteiger partial charge in [0.05, 0.1) is 17.1 Å². The van der Waals surface area contributed by atoms with Gasteiger partial charge in [0.25, 0.3) is 0 Å². The number of aliphatic hydroxyl groups is 4. The van der Waals surface area contributed by atoms with E-state index in [1.54, 1.807) is 13.0 Å². The Morgan fingerprint density at radius 3 is 2.20 bits per heavy atom. The maximum atomic E-state index is 12.9. The maximum absolute atomic E-state index is 12.9. The Hall–Kier alpha value is -5.52. The quantitative estimate of drug-likeness (QED) is 0.0870. The maximum Gasteiger partial charge on any atom is 0.326 e. The van der Waals surface area contributed by atoms with Crippen LogP contribution in [0.3, 0.4) is 0 Å². The number of amides is 1. The number of carboxylic acids is 1. The number of hydrogen-bond acceptors (Lipinski definition) is 13. The van der Waals surface area contributed by atoms with Gasteiger partial charge in [0.15, 0.2) is 17.3 Å². The lowest BCUT2D eigenvalue weighted by Crippen LogP contribution is -2.69. The topological polar surface area (TPSA) is 261 Å². The van der Waals surface area contributed by atoms with E-state index in [0.29, 0.717) is 61.5 Å². The molecule has 8 aliphatic carbocycles. The molecule has 8 aliphatic rings. The van der Waals surface area contributed by atoms with Crippen molar-refractivity contribution in [3.05, 3.63) is 89.5 Å². The molecule has 6 saturated carbocycles. The molecule has 0 saturated heterocycles. The lowest BCUT2D eigenvalue weighted by atomic mass is 9.44. The average Bonchev–Trinajstić information content (AvgIpc) is 1.79. The Kier molecular flexibility index (Phi) is 18.2. The molecule has 0 radical (unpaired) electrons. The van der Waals surface area contributed by atoms with Gasteiger partial charge >= 0.3 is 5.97 Å². The van der Waals surface area contributed by atoms with Crippen LogP contribution in [-0.4, -0.2) is 121 Å². The first-order chi connectivity index (χ1) is 40.1. The van der Waals surface area contributed by atoms with E-state index in [9.17, 15) is 54.3 Å². The molecule has 17 atom stereocenters. The number of unbranched alkanes of at least 4 members (excludes halogenated alkanes) is 1. The van der Waals surface area contributed by atoms with Crippen LogP contribution in [0, 0.1) is 74.9 Å². The molecule has 1 heterocycles. The van der Waals surface area contributed by atoms with Crippen molar-refractivity contribution < 1.29 is 54.3 Å². The number of benzene rings is 2. The second-order valence-corrected chi connectivity index (χ2v) is 28.4. The van der Waals surface area contributed by atoms with Crippen molar-refractivity contribution in [3.8, 4) is 22.5 Å². The van der Waals surface area contributed by atoms with Crippen LogP contribution in [0.1, 0.15) is 158 Å². The zero-order valence-corrected chi connectivity index (χ0v) is 52.1. The highest BCUT2D eigenvalue weighted by Crippen LogP contribution is 2.72. The number of aromatic nitrogens is 4. The highest BCUT2D eigenvalue weighted by molar-refractivity contribution is 6.26. The van der Waals surface area contributed by atoms with Gasteiger partial charge in [0.2, 0.25) is 11.7 Å². The normalized spacial score (nSPS) is 37.1. The number of aromatic amines is 1. The number of halogens is 1. The molecule has 85 heavy (non-hydrogen) atoms. The monoisotopic (exact) mass is 1190 g/mol. The summed E-state index contributed by atoms with van der Waals surface area (Å²) in [5.41, 5.74) is 2.60. The third kappa shape index (κ3) is 10.8. The zero-order chi connectivity index (χ0) is 61.9. The number of rotatable bonds is 13. The lowest BCUT2D eigenvalue weighted by Gasteiger charge is -2.63. The zero-order valence-electron chi connectivity index (χ0n) is 51.3. The van der Waals surface area contributed by atoms with E-state index in [1.807, 2.05) is 102 Å². The van der Waals surface area contributed by atoms with Crippen molar-refractivity contribution in [2.45, 2.75) is 188 Å². The summed E-state index contributed by atoms with van der Waals surface area (Å²) in [7, 11) is 0. The van der Waals surface area contributed by atoms with Crippen molar-refractivity contribution in [2.24, 2.45) is 74.9 Å². The van der Waals surface area contributed by atoms with Crippen molar-refractivity contribution in [1.82, 2.24) is 25.5 Å². The number of nitrogens with zero attached hydrogens (tertiary/aromatic N) is 4.